The minimum atomic E-state index is -3.04. The Morgan fingerprint density at radius 3 is 2.66 bits per heavy atom. The van der Waals surface area contributed by atoms with Crippen molar-refractivity contribution in [2.75, 3.05) is 0 Å². The lowest BCUT2D eigenvalue weighted by atomic mass is 10.1. The van der Waals surface area contributed by atoms with Crippen molar-refractivity contribution < 1.29 is 34.3 Å². The molecule has 1 atom stereocenters. The molecule has 1 heterocycles. The summed E-state index contributed by atoms with van der Waals surface area (Å²) in [6.07, 6.45) is 6.90. The molecule has 1 aromatic carbocycles. The second-order valence-corrected chi connectivity index (χ2v) is 7.50. The monoisotopic (exact) mass is 432 g/mol. The van der Waals surface area contributed by atoms with Gasteiger partial charge in [0.05, 0.1) is 5.69 Å². The van der Waals surface area contributed by atoms with E-state index in [1.54, 1.807) is 0 Å². The van der Waals surface area contributed by atoms with E-state index in [0.29, 0.717) is 11.8 Å². The van der Waals surface area contributed by atoms with Crippen molar-refractivity contribution in [1.82, 2.24) is 9.78 Å². The Morgan fingerprint density at radius 2 is 2.03 bits per heavy atom. The lowest BCUT2D eigenvalue weighted by molar-refractivity contribution is -0.244. The zero-order valence-corrected chi connectivity index (χ0v) is 17.1. The fourth-order valence-electron chi connectivity index (χ4n) is 3.32. The summed E-state index contributed by atoms with van der Waals surface area (Å²) in [4.78, 5) is 8.93. The van der Waals surface area contributed by atoms with Gasteiger partial charge in [0.25, 0.3) is 0 Å². The van der Waals surface area contributed by atoms with E-state index in [1.165, 1.54) is 31.7 Å². The molecule has 0 radical (unpaired) electrons. The Balaban J connectivity index is 0.000000674. The zero-order chi connectivity index (χ0) is 21.2. The van der Waals surface area contributed by atoms with Gasteiger partial charge in [0, 0.05) is 24.3 Å². The molecule has 3 rings (SSSR count). The highest BCUT2D eigenvalue weighted by atomic mass is 31.1. The summed E-state index contributed by atoms with van der Waals surface area (Å²) in [5, 5.41) is 11.7. The van der Waals surface area contributed by atoms with E-state index in [-0.39, 0.29) is 13.6 Å². The van der Waals surface area contributed by atoms with E-state index in [4.69, 9.17) is 19.5 Å². The Morgan fingerprint density at radius 1 is 1.34 bits per heavy atom. The number of hydrogen-bond acceptors (Lipinski definition) is 6. The van der Waals surface area contributed by atoms with Crippen LogP contribution in [0.15, 0.2) is 24.3 Å². The number of aromatic nitrogens is 2. The van der Waals surface area contributed by atoms with Crippen LogP contribution in [0.2, 0.25) is 0 Å². The van der Waals surface area contributed by atoms with Gasteiger partial charge in [-0.05, 0) is 47.9 Å². The smallest absolute Gasteiger partial charge is 0.521 e. The molecule has 0 saturated heterocycles. The Hall–Kier alpha value is -1.93. The van der Waals surface area contributed by atoms with Gasteiger partial charge in [-0.3, -0.25) is 0 Å². The number of ether oxygens (including phenoxy) is 1. The molecule has 10 heteroatoms. The molecule has 0 spiro atoms. The topological polar surface area (TPSA) is 96.6 Å². The molecule has 1 unspecified atom stereocenters. The van der Waals surface area contributed by atoms with Crippen LogP contribution in [-0.2, 0) is 28.8 Å². The zero-order valence-electron chi connectivity index (χ0n) is 16.2. The molecule has 1 fully saturated rings. The molecule has 1 aromatic heterocycles. The Bertz CT molecular complexity index is 803. The maximum atomic E-state index is 13.8. The number of rotatable bonds is 8. The van der Waals surface area contributed by atoms with E-state index in [2.05, 4.69) is 16.7 Å². The molecule has 0 bridgehead atoms. The highest BCUT2D eigenvalue weighted by Gasteiger charge is 2.19. The molecule has 1 N–H and O–H groups in total. The van der Waals surface area contributed by atoms with Crippen LogP contribution >= 0.6 is 8.25 Å². The van der Waals surface area contributed by atoms with E-state index in [0.717, 1.165) is 37.2 Å². The number of hydrogen-bond donors (Lipinski definition) is 1. The maximum absolute atomic E-state index is 13.8. The molecule has 2 aromatic rings. The van der Waals surface area contributed by atoms with Gasteiger partial charge in [0.2, 0.25) is 5.88 Å². The van der Waals surface area contributed by atoms with Crippen molar-refractivity contribution >= 4 is 8.25 Å². The third-order valence-electron chi connectivity index (χ3n) is 4.66. The van der Waals surface area contributed by atoms with Crippen molar-refractivity contribution in [3.05, 3.63) is 47.2 Å². The Kier molecular flexibility index (Phi) is 9.60. The van der Waals surface area contributed by atoms with E-state index < -0.39 is 19.9 Å². The minimum Gasteiger partial charge on any atom is -0.565 e. The normalized spacial score (nSPS) is 14.4. The highest BCUT2D eigenvalue weighted by molar-refractivity contribution is 7.30. The molecular formula is C19H27F2N2O5P. The SMILES string of the molecule is CCCc1cc(OCc2cc(F)ccc2F)n(CC2CCCC2)n1.O=[P+]([O-])OO.[HH]. The number of aryl methyl sites for hydroxylation is 1. The predicted octanol–water partition coefficient (Wildman–Crippen LogP) is 4.62. The first-order valence-corrected chi connectivity index (χ1v) is 10.6. The van der Waals surface area contributed by atoms with Crippen LogP contribution in [0.25, 0.3) is 0 Å². The largest absolute Gasteiger partial charge is 0.565 e. The van der Waals surface area contributed by atoms with Crippen molar-refractivity contribution in [3.63, 3.8) is 0 Å². The standard InChI is InChI=1S/C19H24F2N2O.HO4P.H2/c1-2-5-17-11-19(23(22-17)12-14-6-3-4-7-14)24-13-15-10-16(20)8-9-18(15)21;1-4-5(2)3;/h8-11,14H,2-7,12-13H2,1H3;1H;1H. The predicted molar refractivity (Wildman–Crippen MR) is 102 cm³/mol. The molecule has 7 nitrogen and oxygen atoms in total. The Labute approximate surface area is 170 Å². The van der Waals surface area contributed by atoms with E-state index in [9.17, 15) is 8.78 Å². The summed E-state index contributed by atoms with van der Waals surface area (Å²) in [7, 11) is -3.04. The molecular weight excluding hydrogens is 405 g/mol. The van der Waals surface area contributed by atoms with Crippen LogP contribution in [0.1, 0.15) is 51.7 Å². The molecule has 1 aliphatic rings. The number of benzene rings is 1. The first-order valence-electron chi connectivity index (χ1n) is 9.52. The summed E-state index contributed by atoms with van der Waals surface area (Å²) >= 11 is 0. The average Bonchev–Trinajstić information content (AvgIpc) is 3.33. The second-order valence-electron chi connectivity index (χ2n) is 6.89. The number of halogens is 2. The van der Waals surface area contributed by atoms with Crippen molar-refractivity contribution in [3.8, 4) is 5.88 Å². The van der Waals surface area contributed by atoms with E-state index >= 15 is 0 Å². The summed E-state index contributed by atoms with van der Waals surface area (Å²) in [5.74, 6) is 0.370. The number of nitrogens with zero attached hydrogens (tertiary/aromatic N) is 2. The fraction of sp³-hybridized carbons (Fsp3) is 0.526. The van der Waals surface area contributed by atoms with Crippen LogP contribution < -0.4 is 9.63 Å². The van der Waals surface area contributed by atoms with Crippen LogP contribution in [-0.4, -0.2) is 15.0 Å². The lowest BCUT2D eigenvalue weighted by Gasteiger charge is -2.13. The molecule has 1 saturated carbocycles. The van der Waals surface area contributed by atoms with Crippen LogP contribution in [0, 0.1) is 17.6 Å². The maximum Gasteiger partial charge on any atom is 0.521 e. The highest BCUT2D eigenvalue weighted by Crippen LogP contribution is 2.28. The van der Waals surface area contributed by atoms with Crippen LogP contribution in [0.3, 0.4) is 0 Å². The van der Waals surface area contributed by atoms with Crippen LogP contribution in [0.4, 0.5) is 8.78 Å². The van der Waals surface area contributed by atoms with Gasteiger partial charge in [0.1, 0.15) is 18.2 Å². The van der Waals surface area contributed by atoms with Gasteiger partial charge in [0.15, 0.2) is 0 Å². The minimum absolute atomic E-state index is 0. The van der Waals surface area contributed by atoms with Gasteiger partial charge >= 0.3 is 8.25 Å². The summed E-state index contributed by atoms with van der Waals surface area (Å²) < 4.78 is 46.4. The first kappa shape index (κ1) is 23.3. The van der Waals surface area contributed by atoms with Gasteiger partial charge in [-0.2, -0.15) is 5.10 Å². The third-order valence-corrected chi connectivity index (χ3v) is 4.79. The summed E-state index contributed by atoms with van der Waals surface area (Å²) in [6.45, 7) is 2.95. The van der Waals surface area contributed by atoms with Gasteiger partial charge < -0.3 is 9.63 Å². The summed E-state index contributed by atoms with van der Waals surface area (Å²) in [5.41, 5.74) is 1.21. The molecule has 0 amide bonds. The second kappa shape index (κ2) is 11.9. The molecule has 0 aliphatic heterocycles. The van der Waals surface area contributed by atoms with Crippen LogP contribution in [0.5, 0.6) is 5.88 Å². The molecule has 162 valence electrons. The fourth-order valence-corrected chi connectivity index (χ4v) is 3.32. The summed E-state index contributed by atoms with van der Waals surface area (Å²) in [6, 6.07) is 5.35. The van der Waals surface area contributed by atoms with Gasteiger partial charge in [-0.25, -0.2) is 18.7 Å². The van der Waals surface area contributed by atoms with E-state index in [1.807, 2.05) is 10.7 Å². The van der Waals surface area contributed by atoms with Crippen molar-refractivity contribution in [2.24, 2.45) is 5.92 Å². The average molecular weight is 432 g/mol. The lowest BCUT2D eigenvalue weighted by Crippen LogP contribution is -2.12. The first-order chi connectivity index (χ1) is 13.9. The van der Waals surface area contributed by atoms with Crippen molar-refractivity contribution in [1.29, 1.82) is 0 Å². The van der Waals surface area contributed by atoms with Gasteiger partial charge in [-0.1, -0.05) is 26.2 Å². The quantitative estimate of drug-likeness (QED) is 0.371. The molecule has 29 heavy (non-hydrogen) atoms. The van der Waals surface area contributed by atoms with Gasteiger partial charge in [-0.15, -0.1) is 0 Å². The third kappa shape index (κ3) is 7.78. The van der Waals surface area contributed by atoms with Crippen molar-refractivity contribution in [2.45, 2.75) is 58.6 Å². The molecule has 1 aliphatic carbocycles.